The molecule has 0 aliphatic carbocycles. The van der Waals surface area contributed by atoms with Crippen molar-refractivity contribution in [2.24, 2.45) is 0 Å². The van der Waals surface area contributed by atoms with Crippen LogP contribution in [-0.2, 0) is 15.9 Å². The molecule has 2 atom stereocenters. The van der Waals surface area contributed by atoms with Gasteiger partial charge in [0.1, 0.15) is 18.2 Å². The third kappa shape index (κ3) is 4.01. The second-order valence-electron chi connectivity index (χ2n) is 7.52. The highest BCUT2D eigenvalue weighted by atomic mass is 16.6. The summed E-state index contributed by atoms with van der Waals surface area (Å²) in [5.41, 5.74) is 1.17. The first kappa shape index (κ1) is 18.4. The van der Waals surface area contributed by atoms with Gasteiger partial charge in [-0.15, -0.1) is 0 Å². The van der Waals surface area contributed by atoms with E-state index in [-0.39, 0.29) is 18.2 Å². The van der Waals surface area contributed by atoms with Crippen molar-refractivity contribution >= 4 is 11.9 Å². The number of anilines is 1. The van der Waals surface area contributed by atoms with Crippen molar-refractivity contribution in [3.63, 3.8) is 0 Å². The Kier molecular flexibility index (Phi) is 5.73. The van der Waals surface area contributed by atoms with Crippen LogP contribution in [-0.4, -0.2) is 90.5 Å². The number of fused-ring (bicyclic) bond motifs is 1. The number of ether oxygens (including phenoxy) is 2. The van der Waals surface area contributed by atoms with Gasteiger partial charge in [0, 0.05) is 44.5 Å². The van der Waals surface area contributed by atoms with Crippen LogP contribution >= 0.6 is 0 Å². The zero-order chi connectivity index (χ0) is 18.6. The first-order valence-corrected chi connectivity index (χ1v) is 10.1. The smallest absolute Gasteiger partial charge is 0.410 e. The van der Waals surface area contributed by atoms with Crippen molar-refractivity contribution in [2.45, 2.75) is 38.3 Å². The number of amides is 1. The predicted octanol–water partition coefficient (Wildman–Crippen LogP) is 1.16. The number of nitrogens with zero attached hydrogens (tertiary/aromatic N) is 5. The van der Waals surface area contributed by atoms with E-state index in [0.717, 1.165) is 71.0 Å². The summed E-state index contributed by atoms with van der Waals surface area (Å²) in [6.07, 6.45) is 6.27. The Morgan fingerprint density at radius 3 is 2.89 bits per heavy atom. The highest BCUT2D eigenvalue weighted by Gasteiger charge is 2.48. The third-order valence-electron chi connectivity index (χ3n) is 5.68. The largest absolute Gasteiger partial charge is 0.442 e. The fraction of sp³-hybridized carbons (Fsp3) is 0.737. The van der Waals surface area contributed by atoms with E-state index in [2.05, 4.69) is 26.7 Å². The van der Waals surface area contributed by atoms with Gasteiger partial charge in [0.05, 0.1) is 25.8 Å². The lowest BCUT2D eigenvalue weighted by Crippen LogP contribution is -2.41. The van der Waals surface area contributed by atoms with E-state index in [1.165, 1.54) is 5.56 Å². The number of hydrogen-bond acceptors (Lipinski definition) is 7. The van der Waals surface area contributed by atoms with Crippen molar-refractivity contribution in [3.8, 4) is 0 Å². The van der Waals surface area contributed by atoms with Crippen LogP contribution in [0.15, 0.2) is 12.5 Å². The number of aryl methyl sites for hydroxylation is 1. The van der Waals surface area contributed by atoms with Gasteiger partial charge in [-0.1, -0.05) is 13.3 Å². The van der Waals surface area contributed by atoms with E-state index in [0.29, 0.717) is 6.54 Å². The van der Waals surface area contributed by atoms with Gasteiger partial charge in [-0.05, 0) is 12.8 Å². The molecule has 0 saturated carbocycles. The molecule has 1 aromatic rings. The number of aromatic nitrogens is 2. The standard InChI is InChI=1S/C19H29N5O3/c1-2-4-15-11-20-14-21-18(15)23-12-16-17(13-23)27-19(25)24(16)6-3-5-22-7-9-26-10-8-22/h11,14,16-17H,2-10,12-13H2,1H3. The van der Waals surface area contributed by atoms with Crippen LogP contribution in [0.3, 0.4) is 0 Å². The minimum atomic E-state index is -0.164. The van der Waals surface area contributed by atoms with E-state index in [9.17, 15) is 4.79 Å². The highest BCUT2D eigenvalue weighted by Crippen LogP contribution is 2.31. The molecule has 8 heteroatoms. The maximum atomic E-state index is 12.3. The summed E-state index contributed by atoms with van der Waals surface area (Å²) >= 11 is 0. The van der Waals surface area contributed by atoms with Gasteiger partial charge < -0.3 is 14.4 Å². The van der Waals surface area contributed by atoms with E-state index in [4.69, 9.17) is 9.47 Å². The Morgan fingerprint density at radius 1 is 1.22 bits per heavy atom. The van der Waals surface area contributed by atoms with Crippen molar-refractivity contribution in [1.29, 1.82) is 0 Å². The van der Waals surface area contributed by atoms with Crippen LogP contribution < -0.4 is 4.90 Å². The van der Waals surface area contributed by atoms with E-state index < -0.39 is 0 Å². The highest BCUT2D eigenvalue weighted by molar-refractivity contribution is 5.71. The molecular formula is C19H29N5O3. The summed E-state index contributed by atoms with van der Waals surface area (Å²) in [5.74, 6) is 0.991. The normalized spacial score (nSPS) is 25.7. The maximum Gasteiger partial charge on any atom is 0.410 e. The fourth-order valence-electron chi connectivity index (χ4n) is 4.31. The van der Waals surface area contributed by atoms with Crippen molar-refractivity contribution < 1.29 is 14.3 Å². The molecule has 1 aromatic heterocycles. The molecule has 3 aliphatic rings. The average molecular weight is 375 g/mol. The Hall–Kier alpha value is -1.93. The molecule has 3 saturated heterocycles. The topological polar surface area (TPSA) is 71.0 Å². The molecule has 27 heavy (non-hydrogen) atoms. The Labute approximate surface area is 160 Å². The van der Waals surface area contributed by atoms with E-state index in [1.807, 2.05) is 11.1 Å². The van der Waals surface area contributed by atoms with Crippen LogP contribution in [0.25, 0.3) is 0 Å². The molecule has 2 unspecified atom stereocenters. The van der Waals surface area contributed by atoms with Gasteiger partial charge in [-0.2, -0.15) is 0 Å². The van der Waals surface area contributed by atoms with Gasteiger partial charge in [0.15, 0.2) is 0 Å². The van der Waals surface area contributed by atoms with Gasteiger partial charge in [0.2, 0.25) is 0 Å². The first-order chi connectivity index (χ1) is 13.3. The molecule has 4 rings (SSSR count). The molecule has 1 amide bonds. The zero-order valence-electron chi connectivity index (χ0n) is 16.0. The zero-order valence-corrected chi connectivity index (χ0v) is 16.0. The molecule has 3 aliphatic heterocycles. The number of carbonyl (C=O) groups is 1. The molecule has 3 fully saturated rings. The van der Waals surface area contributed by atoms with Gasteiger partial charge in [-0.25, -0.2) is 14.8 Å². The molecule has 0 aromatic carbocycles. The van der Waals surface area contributed by atoms with Crippen molar-refractivity contribution in [2.75, 3.05) is 57.4 Å². The minimum absolute atomic E-state index is 0.0645. The van der Waals surface area contributed by atoms with E-state index in [1.54, 1.807) is 6.33 Å². The molecule has 0 N–H and O–H groups in total. The van der Waals surface area contributed by atoms with Gasteiger partial charge >= 0.3 is 6.09 Å². The average Bonchev–Trinajstić information content (AvgIpc) is 3.21. The predicted molar refractivity (Wildman–Crippen MR) is 101 cm³/mol. The second-order valence-corrected chi connectivity index (χ2v) is 7.52. The molecule has 0 bridgehead atoms. The van der Waals surface area contributed by atoms with E-state index >= 15 is 0 Å². The van der Waals surface area contributed by atoms with Crippen LogP contribution in [0.5, 0.6) is 0 Å². The molecule has 0 spiro atoms. The summed E-state index contributed by atoms with van der Waals surface area (Å²) in [7, 11) is 0. The number of rotatable bonds is 7. The van der Waals surface area contributed by atoms with Gasteiger partial charge in [-0.3, -0.25) is 9.80 Å². The lowest BCUT2D eigenvalue weighted by Gasteiger charge is -2.28. The summed E-state index contributed by atoms with van der Waals surface area (Å²) < 4.78 is 11.1. The summed E-state index contributed by atoms with van der Waals surface area (Å²) in [6.45, 7) is 8.99. The molecule has 8 nitrogen and oxygen atoms in total. The number of hydrogen-bond donors (Lipinski definition) is 0. The second kappa shape index (κ2) is 8.39. The lowest BCUT2D eigenvalue weighted by molar-refractivity contribution is 0.0363. The Balaban J connectivity index is 1.35. The minimum Gasteiger partial charge on any atom is -0.442 e. The summed E-state index contributed by atoms with van der Waals surface area (Å²) in [4.78, 5) is 27.6. The van der Waals surface area contributed by atoms with Crippen molar-refractivity contribution in [3.05, 3.63) is 18.1 Å². The SMILES string of the molecule is CCCc1cncnc1N1CC2OC(=O)N(CCCN3CCOCC3)C2C1. The number of morpholine rings is 1. The third-order valence-corrected chi connectivity index (χ3v) is 5.68. The van der Waals surface area contributed by atoms with Crippen LogP contribution in [0.2, 0.25) is 0 Å². The molecular weight excluding hydrogens is 346 g/mol. The number of carbonyl (C=O) groups excluding carboxylic acids is 1. The quantitative estimate of drug-likeness (QED) is 0.708. The Bertz CT molecular complexity index is 652. The summed E-state index contributed by atoms with van der Waals surface area (Å²) in [5, 5.41) is 0. The Morgan fingerprint density at radius 2 is 2.07 bits per heavy atom. The van der Waals surface area contributed by atoms with Gasteiger partial charge in [0.25, 0.3) is 0 Å². The van der Waals surface area contributed by atoms with Crippen LogP contribution in [0.4, 0.5) is 10.6 Å². The molecule has 4 heterocycles. The van der Waals surface area contributed by atoms with Crippen molar-refractivity contribution in [1.82, 2.24) is 19.8 Å². The fourth-order valence-corrected chi connectivity index (χ4v) is 4.31. The molecule has 148 valence electrons. The monoisotopic (exact) mass is 375 g/mol. The first-order valence-electron chi connectivity index (χ1n) is 10.1. The maximum absolute atomic E-state index is 12.3. The summed E-state index contributed by atoms with van der Waals surface area (Å²) in [6, 6.07) is 0.117. The lowest BCUT2D eigenvalue weighted by atomic mass is 10.2. The van der Waals surface area contributed by atoms with Crippen LogP contribution in [0, 0.1) is 0 Å². The van der Waals surface area contributed by atoms with Crippen LogP contribution in [0.1, 0.15) is 25.3 Å². The molecule has 0 radical (unpaired) electrons.